The van der Waals surface area contributed by atoms with Gasteiger partial charge in [-0.3, -0.25) is 15.3 Å². The first-order valence-corrected chi connectivity index (χ1v) is 9.89. The van der Waals surface area contributed by atoms with Crippen molar-refractivity contribution in [3.05, 3.63) is 44.9 Å². The minimum Gasteiger partial charge on any atom is -0.322 e. The van der Waals surface area contributed by atoms with Crippen LogP contribution in [0.2, 0.25) is 5.15 Å². The van der Waals surface area contributed by atoms with Gasteiger partial charge in [-0.1, -0.05) is 32.4 Å². The molecule has 0 aliphatic carbocycles. The lowest BCUT2D eigenvalue weighted by Gasteiger charge is -2.16. The zero-order chi connectivity index (χ0) is 20.8. The van der Waals surface area contributed by atoms with Crippen molar-refractivity contribution < 1.29 is 14.7 Å². The van der Waals surface area contributed by atoms with Crippen molar-refractivity contribution in [2.24, 2.45) is 5.41 Å². The molecular weight excluding hydrogens is 446 g/mol. The maximum Gasteiger partial charge on any atom is 0.257 e. The normalized spacial score (nSPS) is 11.8. The van der Waals surface area contributed by atoms with E-state index >= 15 is 0 Å². The minimum atomic E-state index is -0.583. The summed E-state index contributed by atoms with van der Waals surface area (Å²) in [7, 11) is 0. The molecular formula is C19H22BrClN5O2+. The number of fused-ring (bicyclic) bond motifs is 1. The molecule has 0 spiro atoms. The first kappa shape index (κ1) is 20.5. The van der Waals surface area contributed by atoms with Gasteiger partial charge in [0, 0.05) is 31.9 Å². The molecule has 0 bridgehead atoms. The van der Waals surface area contributed by atoms with Gasteiger partial charge < -0.3 is 4.57 Å². The fourth-order valence-electron chi connectivity index (χ4n) is 2.77. The lowest BCUT2D eigenvalue weighted by Crippen LogP contribution is -2.37. The van der Waals surface area contributed by atoms with Gasteiger partial charge in [0.15, 0.2) is 0 Å². The lowest BCUT2D eigenvalue weighted by atomic mass is 9.96. The Morgan fingerprint density at radius 3 is 2.68 bits per heavy atom. The number of rotatable bonds is 3. The van der Waals surface area contributed by atoms with Gasteiger partial charge in [-0.2, -0.15) is 9.97 Å². The van der Waals surface area contributed by atoms with E-state index in [9.17, 15) is 10.0 Å². The lowest BCUT2D eigenvalue weighted by molar-refractivity contribution is -0.910. The standard InChI is InChI=1S/C19H21BrClN5O2/c1-10-8-26(28)13(11(2)14(10)20)9-25-7-6-12-15(21)22-18(23-16(12)25)24-17(27)19(3,4)5/h6-8H,9H2,1-5H3,(H-,22,23,24,27,28)/p+1. The fraction of sp³-hybridized carbons (Fsp3) is 0.368. The molecule has 3 aromatic rings. The number of anilines is 1. The molecule has 1 amide bonds. The topological polar surface area (TPSA) is 83.9 Å². The zero-order valence-electron chi connectivity index (χ0n) is 16.3. The Bertz CT molecular complexity index is 1090. The summed E-state index contributed by atoms with van der Waals surface area (Å²) in [5.74, 6) is -0.0522. The molecule has 3 heterocycles. The van der Waals surface area contributed by atoms with Crippen LogP contribution in [0.4, 0.5) is 5.95 Å². The predicted molar refractivity (Wildman–Crippen MR) is 111 cm³/mol. The third-order valence-electron chi connectivity index (χ3n) is 4.50. The van der Waals surface area contributed by atoms with Crippen molar-refractivity contribution in [2.75, 3.05) is 5.32 Å². The summed E-state index contributed by atoms with van der Waals surface area (Å²) in [6.07, 6.45) is 3.48. The molecule has 0 aromatic carbocycles. The highest BCUT2D eigenvalue weighted by Crippen LogP contribution is 2.26. The van der Waals surface area contributed by atoms with E-state index in [-0.39, 0.29) is 17.0 Å². The zero-order valence-corrected chi connectivity index (χ0v) is 18.7. The average molecular weight is 468 g/mol. The van der Waals surface area contributed by atoms with E-state index in [0.717, 1.165) is 20.3 Å². The van der Waals surface area contributed by atoms with Crippen LogP contribution in [-0.2, 0) is 11.3 Å². The van der Waals surface area contributed by atoms with E-state index in [4.69, 9.17) is 11.6 Å². The summed E-state index contributed by atoms with van der Waals surface area (Å²) in [4.78, 5) is 20.9. The molecule has 0 aliphatic heterocycles. The fourth-order valence-corrected chi connectivity index (χ4v) is 3.32. The number of hydrogen-bond acceptors (Lipinski definition) is 4. The van der Waals surface area contributed by atoms with Crippen LogP contribution in [0.25, 0.3) is 11.0 Å². The van der Waals surface area contributed by atoms with Crippen LogP contribution < -0.4 is 10.0 Å². The molecule has 148 valence electrons. The molecule has 7 nitrogen and oxygen atoms in total. The van der Waals surface area contributed by atoms with E-state index in [1.807, 2.05) is 51.4 Å². The van der Waals surface area contributed by atoms with Crippen molar-refractivity contribution in [3.63, 3.8) is 0 Å². The second kappa shape index (κ2) is 7.33. The Kier molecular flexibility index (Phi) is 5.38. The molecule has 0 aliphatic rings. The molecule has 0 fully saturated rings. The van der Waals surface area contributed by atoms with Crippen LogP contribution in [0.3, 0.4) is 0 Å². The Morgan fingerprint density at radius 1 is 1.36 bits per heavy atom. The third-order valence-corrected chi connectivity index (χ3v) is 6.01. The maximum absolute atomic E-state index is 12.3. The molecule has 28 heavy (non-hydrogen) atoms. The summed E-state index contributed by atoms with van der Waals surface area (Å²) in [5.41, 5.74) is 2.54. The Morgan fingerprint density at radius 2 is 2.04 bits per heavy atom. The van der Waals surface area contributed by atoms with E-state index in [1.165, 1.54) is 0 Å². The number of hydrogen-bond donors (Lipinski definition) is 2. The smallest absolute Gasteiger partial charge is 0.257 e. The van der Waals surface area contributed by atoms with E-state index in [0.29, 0.717) is 23.3 Å². The molecule has 0 saturated carbocycles. The summed E-state index contributed by atoms with van der Waals surface area (Å²) in [6.45, 7) is 9.64. The maximum atomic E-state index is 12.3. The van der Waals surface area contributed by atoms with Crippen molar-refractivity contribution >= 4 is 50.4 Å². The van der Waals surface area contributed by atoms with Crippen molar-refractivity contribution in [3.8, 4) is 0 Å². The second-order valence-corrected chi connectivity index (χ2v) is 8.92. The van der Waals surface area contributed by atoms with Crippen LogP contribution in [0.15, 0.2) is 22.9 Å². The molecule has 9 heteroatoms. The molecule has 2 N–H and O–H groups in total. The van der Waals surface area contributed by atoms with Crippen LogP contribution in [0.5, 0.6) is 0 Å². The van der Waals surface area contributed by atoms with Gasteiger partial charge >= 0.3 is 0 Å². The number of nitrogens with zero attached hydrogens (tertiary/aromatic N) is 4. The Labute approximate surface area is 176 Å². The van der Waals surface area contributed by atoms with Gasteiger partial charge in [0.05, 0.1) is 5.39 Å². The summed E-state index contributed by atoms with van der Waals surface area (Å²) >= 11 is 9.87. The van der Waals surface area contributed by atoms with Gasteiger partial charge in [-0.05, 0) is 35.8 Å². The summed E-state index contributed by atoms with van der Waals surface area (Å²) in [5, 5.41) is 14.0. The van der Waals surface area contributed by atoms with Crippen molar-refractivity contribution in [1.82, 2.24) is 14.5 Å². The second-order valence-electron chi connectivity index (χ2n) is 7.77. The van der Waals surface area contributed by atoms with Gasteiger partial charge in [-0.25, -0.2) is 0 Å². The minimum absolute atomic E-state index is 0.149. The molecule has 0 radical (unpaired) electrons. The first-order chi connectivity index (χ1) is 13.0. The van der Waals surface area contributed by atoms with Crippen molar-refractivity contribution in [2.45, 2.75) is 41.2 Å². The third kappa shape index (κ3) is 3.84. The molecule has 0 atom stereocenters. The van der Waals surface area contributed by atoms with Crippen LogP contribution in [-0.4, -0.2) is 25.6 Å². The highest BCUT2D eigenvalue weighted by Gasteiger charge is 2.24. The van der Waals surface area contributed by atoms with Crippen LogP contribution in [0, 0.1) is 19.3 Å². The van der Waals surface area contributed by atoms with Gasteiger partial charge in [-0.15, -0.1) is 0 Å². The van der Waals surface area contributed by atoms with Crippen LogP contribution >= 0.6 is 27.5 Å². The number of aromatic nitrogens is 4. The highest BCUT2D eigenvalue weighted by molar-refractivity contribution is 9.10. The largest absolute Gasteiger partial charge is 0.322 e. The van der Waals surface area contributed by atoms with Gasteiger partial charge in [0.25, 0.3) is 5.69 Å². The SMILES string of the molecule is Cc1c[n+](O)c(Cn2ccc3c(Cl)nc(NC(=O)C(C)(C)C)nc32)c(C)c1Br. The van der Waals surface area contributed by atoms with E-state index < -0.39 is 5.41 Å². The number of nitrogens with one attached hydrogen (secondary N) is 1. The predicted octanol–water partition coefficient (Wildman–Crippen LogP) is 4.02. The molecule has 3 rings (SSSR count). The van der Waals surface area contributed by atoms with Gasteiger partial charge in [0.2, 0.25) is 18.1 Å². The highest BCUT2D eigenvalue weighted by atomic mass is 79.9. The number of carbonyl (C=O) groups excluding carboxylic acids is 1. The number of pyridine rings is 1. The van der Waals surface area contributed by atoms with Crippen molar-refractivity contribution in [1.29, 1.82) is 0 Å². The van der Waals surface area contributed by atoms with E-state index in [1.54, 1.807) is 6.20 Å². The summed E-state index contributed by atoms with van der Waals surface area (Å²) in [6, 6.07) is 1.81. The number of amides is 1. The van der Waals surface area contributed by atoms with E-state index in [2.05, 4.69) is 31.2 Å². The Balaban J connectivity index is 2.04. The number of aryl methyl sites for hydroxylation is 1. The number of halogens is 2. The molecule has 0 unspecified atom stereocenters. The monoisotopic (exact) mass is 466 g/mol. The quantitative estimate of drug-likeness (QED) is 0.346. The molecule has 3 aromatic heterocycles. The molecule has 0 saturated heterocycles. The van der Waals surface area contributed by atoms with Crippen LogP contribution in [0.1, 0.15) is 37.6 Å². The summed E-state index contributed by atoms with van der Waals surface area (Å²) < 4.78 is 3.91. The van der Waals surface area contributed by atoms with Gasteiger partial charge in [0.1, 0.15) is 17.3 Å². The average Bonchev–Trinajstić information content (AvgIpc) is 2.99. The number of carbonyl (C=O) groups is 1. The first-order valence-electron chi connectivity index (χ1n) is 8.72. The Hall–Kier alpha value is -2.19.